The van der Waals surface area contributed by atoms with Crippen LogP contribution in [0.1, 0.15) is 22.3 Å². The number of aromatic nitrogens is 2. The zero-order valence-electron chi connectivity index (χ0n) is 27.6. The van der Waals surface area contributed by atoms with Gasteiger partial charge >= 0.3 is 19.5 Å². The van der Waals surface area contributed by atoms with Crippen molar-refractivity contribution in [1.29, 1.82) is 0 Å². The Bertz CT molecular complexity index is 2100. The molecule has 0 bridgehead atoms. The number of rotatable bonds is 8. The Morgan fingerprint density at radius 3 is 1.14 bits per heavy atom. The molecule has 2 aromatic heterocycles. The first kappa shape index (κ1) is 37.1. The van der Waals surface area contributed by atoms with Crippen molar-refractivity contribution < 1.29 is 36.3 Å². The molecule has 4 aromatic carbocycles. The van der Waals surface area contributed by atoms with Gasteiger partial charge in [-0.2, -0.15) is 0 Å². The Hall–Kier alpha value is -4.70. The summed E-state index contributed by atoms with van der Waals surface area (Å²) in [4.78, 5) is 9.07. The largest absolute Gasteiger partial charge is 2.00 e. The Kier molecular flexibility index (Phi) is 12.2. The Morgan fingerprint density at radius 2 is 0.796 bits per heavy atom. The molecule has 2 heterocycles. The molecule has 11 heteroatoms. The van der Waals surface area contributed by atoms with E-state index in [4.69, 9.17) is 0 Å². The van der Waals surface area contributed by atoms with Crippen LogP contribution in [0.2, 0.25) is 0 Å². The van der Waals surface area contributed by atoms with Crippen LogP contribution < -0.4 is 0 Å². The van der Waals surface area contributed by atoms with Gasteiger partial charge in [-0.1, -0.05) is 83.9 Å². The Labute approximate surface area is 301 Å². The van der Waals surface area contributed by atoms with E-state index < -0.39 is 20.0 Å². The van der Waals surface area contributed by atoms with Crippen LogP contribution in [-0.2, 0) is 39.5 Å². The van der Waals surface area contributed by atoms with Crippen molar-refractivity contribution >= 4 is 31.4 Å². The van der Waals surface area contributed by atoms with Crippen molar-refractivity contribution in [2.24, 2.45) is 0 Å². The van der Waals surface area contributed by atoms with Crippen molar-refractivity contribution in [2.45, 2.75) is 37.5 Å². The summed E-state index contributed by atoms with van der Waals surface area (Å²) in [5.74, 6) is 0. The van der Waals surface area contributed by atoms with Crippen molar-refractivity contribution in [3.8, 4) is 22.5 Å². The second-order valence-electron chi connectivity index (χ2n) is 11.2. The summed E-state index contributed by atoms with van der Waals surface area (Å²) in [6, 6.07) is 35.0. The molecule has 0 fully saturated rings. The number of sulfonamides is 2. The van der Waals surface area contributed by atoms with E-state index in [2.05, 4.69) is 19.4 Å². The van der Waals surface area contributed by atoms with Crippen molar-refractivity contribution in [1.82, 2.24) is 9.97 Å². The Balaban J connectivity index is 0.000000216. The van der Waals surface area contributed by atoms with E-state index in [1.807, 2.05) is 76.2 Å². The summed E-state index contributed by atoms with van der Waals surface area (Å²) in [7, 11) is -7.54. The van der Waals surface area contributed by atoms with Gasteiger partial charge in [0, 0.05) is 12.4 Å². The predicted molar refractivity (Wildman–Crippen MR) is 192 cm³/mol. The minimum absolute atomic E-state index is 0. The number of hydrogen-bond acceptors (Lipinski definition) is 6. The van der Waals surface area contributed by atoms with Crippen LogP contribution in [0.5, 0.6) is 0 Å². The molecule has 0 N–H and O–H groups in total. The summed E-state index contributed by atoms with van der Waals surface area (Å²) in [6.45, 7) is 7.85. The van der Waals surface area contributed by atoms with Gasteiger partial charge in [0.05, 0.1) is 21.2 Å². The summed E-state index contributed by atoms with van der Waals surface area (Å²) < 4.78 is 58.3. The first-order valence-corrected chi connectivity index (χ1v) is 17.9. The van der Waals surface area contributed by atoms with E-state index in [1.165, 1.54) is 24.3 Å². The molecule has 49 heavy (non-hydrogen) atoms. The standard InChI is InChI=1S/2C19H17N2O2S.Zn/c2*1-14-8-9-18(17(12-14)19-13-15(2)10-11-20-19)21-24(22,23)16-6-4-3-5-7-16;/h2*3-13H,1-2H3;/q2*-1;+2. The fourth-order valence-electron chi connectivity index (χ4n) is 4.79. The zero-order chi connectivity index (χ0) is 34.3. The third-order valence-electron chi connectivity index (χ3n) is 7.21. The molecule has 0 saturated carbocycles. The molecule has 0 saturated heterocycles. The number of aryl methyl sites for hydroxylation is 4. The maximum atomic E-state index is 12.5. The van der Waals surface area contributed by atoms with E-state index >= 15 is 0 Å². The molecule has 0 spiro atoms. The van der Waals surface area contributed by atoms with E-state index in [1.54, 1.807) is 60.9 Å². The van der Waals surface area contributed by atoms with Crippen molar-refractivity contribution in [2.75, 3.05) is 0 Å². The quantitative estimate of drug-likeness (QED) is 0.143. The molecule has 0 aliphatic heterocycles. The summed E-state index contributed by atoms with van der Waals surface area (Å²) >= 11 is 0. The average Bonchev–Trinajstić information content (AvgIpc) is 3.07. The van der Waals surface area contributed by atoms with Crippen LogP contribution in [0.15, 0.2) is 144 Å². The molecular formula is C38H34N4O4S2Zn. The number of pyridine rings is 2. The normalized spacial score (nSPS) is 11.0. The topological polar surface area (TPSA) is 122 Å². The van der Waals surface area contributed by atoms with Gasteiger partial charge in [0.1, 0.15) is 20.0 Å². The van der Waals surface area contributed by atoms with Crippen molar-refractivity contribution in [3.05, 3.63) is 165 Å². The average molecular weight is 740 g/mol. The summed E-state index contributed by atoms with van der Waals surface area (Å²) in [5, 5.41) is 0. The minimum Gasteiger partial charge on any atom is -0.572 e. The fraction of sp³-hybridized carbons (Fsp3) is 0.105. The number of nitrogens with zero attached hydrogens (tertiary/aromatic N) is 4. The van der Waals surface area contributed by atoms with Gasteiger partial charge in [-0.15, -0.1) is 11.4 Å². The first-order valence-electron chi connectivity index (χ1n) is 15.0. The molecule has 6 rings (SSSR count). The molecule has 0 unspecified atom stereocenters. The van der Waals surface area contributed by atoms with Crippen LogP contribution in [-0.4, -0.2) is 26.8 Å². The molecule has 0 radical (unpaired) electrons. The second-order valence-corrected chi connectivity index (χ2v) is 14.4. The molecule has 6 aromatic rings. The maximum Gasteiger partial charge on any atom is 2.00 e. The molecule has 0 aliphatic rings. The molecular weight excluding hydrogens is 706 g/mol. The van der Waals surface area contributed by atoms with Crippen LogP contribution >= 0.6 is 0 Å². The summed E-state index contributed by atoms with van der Waals surface area (Å²) in [6.07, 6.45) is 3.42. The smallest absolute Gasteiger partial charge is 0.572 e. The van der Waals surface area contributed by atoms with Crippen LogP contribution in [0, 0.1) is 27.7 Å². The Morgan fingerprint density at radius 1 is 0.449 bits per heavy atom. The van der Waals surface area contributed by atoms with E-state index in [0.717, 1.165) is 22.3 Å². The van der Waals surface area contributed by atoms with E-state index in [9.17, 15) is 16.8 Å². The molecule has 0 amide bonds. The van der Waals surface area contributed by atoms with Gasteiger partial charge in [0.15, 0.2) is 0 Å². The number of hydrogen-bond donors (Lipinski definition) is 0. The van der Waals surface area contributed by atoms with Crippen LogP contribution in [0.4, 0.5) is 11.4 Å². The third-order valence-corrected chi connectivity index (χ3v) is 9.82. The summed E-state index contributed by atoms with van der Waals surface area (Å²) in [5.41, 5.74) is 7.76. The molecule has 8 nitrogen and oxygen atoms in total. The van der Waals surface area contributed by atoms with Gasteiger partial charge in [0.25, 0.3) is 0 Å². The second kappa shape index (κ2) is 16.1. The molecule has 0 atom stereocenters. The number of benzene rings is 4. The van der Waals surface area contributed by atoms with Crippen LogP contribution in [0.3, 0.4) is 0 Å². The van der Waals surface area contributed by atoms with Gasteiger partial charge in [-0.05, 0) is 98.5 Å². The van der Waals surface area contributed by atoms with Gasteiger partial charge in [0.2, 0.25) is 0 Å². The van der Waals surface area contributed by atoms with Gasteiger partial charge in [-0.3, -0.25) is 9.97 Å². The van der Waals surface area contributed by atoms with Crippen LogP contribution in [0.25, 0.3) is 32.0 Å². The maximum absolute atomic E-state index is 12.5. The third kappa shape index (κ3) is 9.69. The van der Waals surface area contributed by atoms with Crippen molar-refractivity contribution in [3.63, 3.8) is 0 Å². The van der Waals surface area contributed by atoms with E-state index in [0.29, 0.717) is 33.9 Å². The fourth-order valence-corrected chi connectivity index (χ4v) is 6.83. The SMILES string of the molecule is Cc1ccnc(-c2cc(C)ccc2[N-]S(=O)(=O)c2ccccc2)c1.Cc1ccnc(-c2cc(C)ccc2[N-]S(=O)(=O)c2ccccc2)c1.[Zn+2]. The van der Waals surface area contributed by atoms with Gasteiger partial charge < -0.3 is 9.44 Å². The molecule has 244 valence electrons. The van der Waals surface area contributed by atoms with E-state index in [-0.39, 0.29) is 29.3 Å². The van der Waals surface area contributed by atoms with Gasteiger partial charge in [-0.25, -0.2) is 16.8 Å². The molecule has 0 aliphatic carbocycles. The first-order chi connectivity index (χ1) is 22.9. The minimum atomic E-state index is -3.77. The zero-order valence-corrected chi connectivity index (χ0v) is 32.2. The predicted octanol–water partition coefficient (Wildman–Crippen LogP) is 9.52. The monoisotopic (exact) mass is 738 g/mol.